The van der Waals surface area contributed by atoms with Crippen molar-refractivity contribution >= 4 is 5.91 Å². The quantitative estimate of drug-likeness (QED) is 0.720. The molecule has 1 atom stereocenters. The standard InChI is InChI=1S/C19H20N4O2/c1-15(25-13-16-5-3-2-4-6-16)19(24)22-12-17-7-8-21-18(11-17)23-10-9-20-14-23/h2-11,14-15H,12-13H2,1H3,(H,22,24). The zero-order valence-electron chi connectivity index (χ0n) is 14.0. The number of carbonyl (C=O) groups excluding carboxylic acids is 1. The molecule has 0 radical (unpaired) electrons. The van der Waals surface area contributed by atoms with Gasteiger partial charge in [-0.05, 0) is 30.2 Å². The largest absolute Gasteiger partial charge is 0.364 e. The summed E-state index contributed by atoms with van der Waals surface area (Å²) in [5.41, 5.74) is 2.00. The number of hydrogen-bond acceptors (Lipinski definition) is 4. The molecule has 0 saturated heterocycles. The summed E-state index contributed by atoms with van der Waals surface area (Å²) in [6.45, 7) is 2.58. The lowest BCUT2D eigenvalue weighted by molar-refractivity contribution is -0.132. The summed E-state index contributed by atoms with van der Waals surface area (Å²) in [6, 6.07) is 13.6. The van der Waals surface area contributed by atoms with Crippen LogP contribution in [0.1, 0.15) is 18.1 Å². The zero-order chi connectivity index (χ0) is 17.5. The van der Waals surface area contributed by atoms with E-state index in [1.165, 1.54) is 0 Å². The number of aromatic nitrogens is 3. The van der Waals surface area contributed by atoms with Crippen molar-refractivity contribution < 1.29 is 9.53 Å². The van der Waals surface area contributed by atoms with Crippen LogP contribution < -0.4 is 5.32 Å². The highest BCUT2D eigenvalue weighted by molar-refractivity contribution is 5.80. The van der Waals surface area contributed by atoms with E-state index in [2.05, 4.69) is 15.3 Å². The fourth-order valence-electron chi connectivity index (χ4n) is 2.31. The smallest absolute Gasteiger partial charge is 0.249 e. The number of nitrogens with zero attached hydrogens (tertiary/aromatic N) is 3. The van der Waals surface area contributed by atoms with Gasteiger partial charge in [0.05, 0.1) is 6.61 Å². The van der Waals surface area contributed by atoms with Gasteiger partial charge in [-0.25, -0.2) is 9.97 Å². The predicted octanol–water partition coefficient (Wildman–Crippen LogP) is 2.49. The lowest BCUT2D eigenvalue weighted by Gasteiger charge is -2.14. The van der Waals surface area contributed by atoms with Gasteiger partial charge in [0.1, 0.15) is 18.2 Å². The molecule has 6 heteroatoms. The van der Waals surface area contributed by atoms with E-state index in [-0.39, 0.29) is 5.91 Å². The Morgan fingerprint density at radius 1 is 1.20 bits per heavy atom. The highest BCUT2D eigenvalue weighted by Crippen LogP contribution is 2.07. The van der Waals surface area contributed by atoms with E-state index < -0.39 is 6.10 Å². The Balaban J connectivity index is 1.51. The SMILES string of the molecule is CC(OCc1ccccc1)C(=O)NCc1ccnc(-n2ccnc2)c1. The Kier molecular flexibility index (Phi) is 5.53. The van der Waals surface area contributed by atoms with Gasteiger partial charge in [-0.2, -0.15) is 0 Å². The Labute approximate surface area is 146 Å². The first-order valence-electron chi connectivity index (χ1n) is 8.09. The van der Waals surface area contributed by atoms with Crippen LogP contribution in [0.4, 0.5) is 0 Å². The van der Waals surface area contributed by atoms with Crippen molar-refractivity contribution in [2.24, 2.45) is 0 Å². The number of hydrogen-bond donors (Lipinski definition) is 1. The van der Waals surface area contributed by atoms with Crippen LogP contribution in [-0.2, 0) is 22.7 Å². The van der Waals surface area contributed by atoms with Crippen LogP contribution in [-0.4, -0.2) is 26.5 Å². The van der Waals surface area contributed by atoms with Gasteiger partial charge < -0.3 is 10.1 Å². The Hall–Kier alpha value is -2.99. The topological polar surface area (TPSA) is 69.0 Å². The maximum absolute atomic E-state index is 12.2. The summed E-state index contributed by atoms with van der Waals surface area (Å²) in [4.78, 5) is 20.5. The molecular weight excluding hydrogens is 316 g/mol. The molecule has 6 nitrogen and oxygen atoms in total. The van der Waals surface area contributed by atoms with E-state index in [1.54, 1.807) is 25.6 Å². The van der Waals surface area contributed by atoms with Gasteiger partial charge in [0, 0.05) is 25.1 Å². The van der Waals surface area contributed by atoms with Gasteiger partial charge in [-0.3, -0.25) is 9.36 Å². The number of imidazole rings is 1. The normalized spacial score (nSPS) is 11.9. The van der Waals surface area contributed by atoms with Gasteiger partial charge in [0.25, 0.3) is 0 Å². The second-order valence-corrected chi connectivity index (χ2v) is 5.65. The monoisotopic (exact) mass is 336 g/mol. The first-order chi connectivity index (χ1) is 12.2. The minimum Gasteiger partial charge on any atom is -0.364 e. The van der Waals surface area contributed by atoms with Crippen molar-refractivity contribution in [3.8, 4) is 5.82 Å². The summed E-state index contributed by atoms with van der Waals surface area (Å²) in [6.07, 6.45) is 6.40. The molecule has 0 aliphatic rings. The number of nitrogens with one attached hydrogen (secondary N) is 1. The second-order valence-electron chi connectivity index (χ2n) is 5.65. The predicted molar refractivity (Wildman–Crippen MR) is 93.9 cm³/mol. The van der Waals surface area contributed by atoms with Crippen LogP contribution in [0.15, 0.2) is 67.4 Å². The first-order valence-corrected chi connectivity index (χ1v) is 8.09. The molecule has 1 N–H and O–H groups in total. The van der Waals surface area contributed by atoms with Gasteiger partial charge >= 0.3 is 0 Å². The molecule has 2 aromatic heterocycles. The highest BCUT2D eigenvalue weighted by Gasteiger charge is 2.13. The first kappa shape index (κ1) is 16.9. The van der Waals surface area contributed by atoms with Gasteiger partial charge in [0.15, 0.2) is 0 Å². The lowest BCUT2D eigenvalue weighted by Crippen LogP contribution is -2.34. The van der Waals surface area contributed by atoms with Crippen molar-refractivity contribution in [3.05, 3.63) is 78.5 Å². The molecule has 0 aliphatic heterocycles. The zero-order valence-corrected chi connectivity index (χ0v) is 14.0. The molecule has 3 aromatic rings. The third-order valence-corrected chi connectivity index (χ3v) is 3.76. The molecule has 0 aliphatic carbocycles. The van der Waals surface area contributed by atoms with E-state index in [0.29, 0.717) is 13.2 Å². The summed E-state index contributed by atoms with van der Waals surface area (Å²) >= 11 is 0. The van der Waals surface area contributed by atoms with Gasteiger partial charge in [0.2, 0.25) is 5.91 Å². The van der Waals surface area contributed by atoms with Crippen LogP contribution in [0.25, 0.3) is 5.82 Å². The third-order valence-electron chi connectivity index (χ3n) is 3.76. The minimum absolute atomic E-state index is 0.142. The minimum atomic E-state index is -0.518. The van der Waals surface area contributed by atoms with Gasteiger partial charge in [-0.1, -0.05) is 30.3 Å². The van der Waals surface area contributed by atoms with Crippen LogP contribution >= 0.6 is 0 Å². The molecule has 1 amide bonds. The Bertz CT molecular complexity index is 803. The van der Waals surface area contributed by atoms with Crippen molar-refractivity contribution in [3.63, 3.8) is 0 Å². The average Bonchev–Trinajstić information content (AvgIpc) is 3.20. The number of rotatable bonds is 7. The lowest BCUT2D eigenvalue weighted by atomic mass is 10.2. The number of benzene rings is 1. The number of ether oxygens (including phenoxy) is 1. The third kappa shape index (κ3) is 4.74. The average molecular weight is 336 g/mol. The highest BCUT2D eigenvalue weighted by atomic mass is 16.5. The van der Waals surface area contributed by atoms with E-state index in [9.17, 15) is 4.79 Å². The Morgan fingerprint density at radius 2 is 2.04 bits per heavy atom. The van der Waals surface area contributed by atoms with E-state index in [1.807, 2.05) is 53.2 Å². The van der Waals surface area contributed by atoms with E-state index >= 15 is 0 Å². The van der Waals surface area contributed by atoms with Crippen molar-refractivity contribution in [1.82, 2.24) is 19.9 Å². The molecule has 0 bridgehead atoms. The van der Waals surface area contributed by atoms with Crippen molar-refractivity contribution in [2.75, 3.05) is 0 Å². The van der Waals surface area contributed by atoms with E-state index in [0.717, 1.165) is 16.9 Å². The molecular formula is C19H20N4O2. The molecule has 3 rings (SSSR count). The summed E-state index contributed by atoms with van der Waals surface area (Å²) in [5, 5.41) is 2.89. The molecule has 0 fully saturated rings. The second kappa shape index (κ2) is 8.21. The molecule has 1 aromatic carbocycles. The fourth-order valence-corrected chi connectivity index (χ4v) is 2.31. The molecule has 2 heterocycles. The number of carbonyl (C=O) groups is 1. The maximum Gasteiger partial charge on any atom is 0.249 e. The number of amides is 1. The Morgan fingerprint density at radius 3 is 2.80 bits per heavy atom. The van der Waals surface area contributed by atoms with Crippen LogP contribution in [0.5, 0.6) is 0 Å². The maximum atomic E-state index is 12.2. The van der Waals surface area contributed by atoms with Gasteiger partial charge in [-0.15, -0.1) is 0 Å². The molecule has 0 spiro atoms. The molecule has 25 heavy (non-hydrogen) atoms. The molecule has 0 saturated carbocycles. The number of pyridine rings is 1. The summed E-state index contributed by atoms with van der Waals surface area (Å²) in [5.74, 6) is 0.620. The van der Waals surface area contributed by atoms with Crippen LogP contribution in [0.3, 0.4) is 0 Å². The van der Waals surface area contributed by atoms with Crippen LogP contribution in [0.2, 0.25) is 0 Å². The molecule has 1 unspecified atom stereocenters. The van der Waals surface area contributed by atoms with Crippen molar-refractivity contribution in [1.29, 1.82) is 0 Å². The summed E-state index contributed by atoms with van der Waals surface area (Å²) in [7, 11) is 0. The fraction of sp³-hybridized carbons (Fsp3) is 0.211. The van der Waals surface area contributed by atoms with Crippen LogP contribution in [0, 0.1) is 0 Å². The van der Waals surface area contributed by atoms with E-state index in [4.69, 9.17) is 4.74 Å². The molecule has 128 valence electrons. The summed E-state index contributed by atoms with van der Waals surface area (Å²) < 4.78 is 7.44. The van der Waals surface area contributed by atoms with Crippen molar-refractivity contribution in [2.45, 2.75) is 26.2 Å².